The molecule has 0 saturated heterocycles. The van der Waals surface area contributed by atoms with E-state index in [9.17, 15) is 10.1 Å². The summed E-state index contributed by atoms with van der Waals surface area (Å²) >= 11 is 1.38. The van der Waals surface area contributed by atoms with Crippen LogP contribution in [0.15, 0.2) is 46.7 Å². The highest BCUT2D eigenvalue weighted by atomic mass is 32.2. The molecule has 0 spiro atoms. The molecule has 0 saturated carbocycles. The lowest BCUT2D eigenvalue weighted by atomic mass is 10.3. The Morgan fingerprint density at radius 3 is 2.48 bits per heavy atom. The number of nitro benzene ring substituents is 1. The summed E-state index contributed by atoms with van der Waals surface area (Å²) in [6.45, 7) is 3.85. The molecule has 21 heavy (non-hydrogen) atoms. The molecule has 0 amide bonds. The second kappa shape index (κ2) is 7.70. The predicted molar refractivity (Wildman–Crippen MR) is 81.2 cm³/mol. The van der Waals surface area contributed by atoms with E-state index >= 15 is 0 Å². The summed E-state index contributed by atoms with van der Waals surface area (Å²) in [6, 6.07) is 6.35. The van der Waals surface area contributed by atoms with Crippen LogP contribution < -0.4 is 5.32 Å². The molecule has 2 aromatic rings. The summed E-state index contributed by atoms with van der Waals surface area (Å²) in [5.74, 6) is 0. The van der Waals surface area contributed by atoms with Crippen molar-refractivity contribution in [3.8, 4) is 0 Å². The quantitative estimate of drug-likeness (QED) is 0.366. The van der Waals surface area contributed by atoms with Crippen molar-refractivity contribution in [3.05, 3.63) is 52.3 Å². The van der Waals surface area contributed by atoms with Crippen LogP contribution in [0.25, 0.3) is 0 Å². The van der Waals surface area contributed by atoms with Gasteiger partial charge in [-0.15, -0.1) is 0 Å². The molecule has 1 aromatic carbocycles. The van der Waals surface area contributed by atoms with Crippen molar-refractivity contribution in [2.45, 2.75) is 29.9 Å². The Balaban J connectivity index is 1.94. The van der Waals surface area contributed by atoms with Crippen LogP contribution in [0, 0.1) is 10.1 Å². The third kappa shape index (κ3) is 4.80. The van der Waals surface area contributed by atoms with Crippen LogP contribution >= 0.6 is 11.8 Å². The van der Waals surface area contributed by atoms with Gasteiger partial charge in [0.2, 0.25) is 0 Å². The highest BCUT2D eigenvalue weighted by Gasteiger charge is 2.06. The van der Waals surface area contributed by atoms with E-state index in [0.717, 1.165) is 30.0 Å². The summed E-state index contributed by atoms with van der Waals surface area (Å²) in [4.78, 5) is 19.6. The van der Waals surface area contributed by atoms with E-state index in [4.69, 9.17) is 0 Å². The Morgan fingerprint density at radius 1 is 1.24 bits per heavy atom. The maximum atomic E-state index is 10.6. The van der Waals surface area contributed by atoms with E-state index in [1.165, 1.54) is 23.9 Å². The first kappa shape index (κ1) is 15.4. The Bertz CT molecular complexity index is 587. The topological polar surface area (TPSA) is 81.0 Å². The van der Waals surface area contributed by atoms with Gasteiger partial charge in [-0.1, -0.05) is 6.92 Å². The number of benzene rings is 1. The summed E-state index contributed by atoms with van der Waals surface area (Å²) < 4.78 is 0. The van der Waals surface area contributed by atoms with Gasteiger partial charge in [-0.05, 0) is 36.9 Å². The summed E-state index contributed by atoms with van der Waals surface area (Å²) in [5.41, 5.74) is 1.12. The maximum Gasteiger partial charge on any atom is 0.269 e. The minimum Gasteiger partial charge on any atom is -0.313 e. The Hall–Kier alpha value is -1.99. The molecule has 1 aromatic heterocycles. The second-order valence-electron chi connectivity index (χ2n) is 4.40. The van der Waals surface area contributed by atoms with Crippen LogP contribution in [0.2, 0.25) is 0 Å². The third-order valence-electron chi connectivity index (χ3n) is 2.69. The molecule has 0 bridgehead atoms. The molecule has 6 nitrogen and oxygen atoms in total. The molecule has 0 aliphatic heterocycles. The fraction of sp³-hybridized carbons (Fsp3) is 0.286. The molecule has 0 radical (unpaired) electrons. The highest BCUT2D eigenvalue weighted by molar-refractivity contribution is 7.99. The minimum atomic E-state index is -0.414. The highest BCUT2D eigenvalue weighted by Crippen LogP contribution is 2.26. The number of nitro groups is 1. The number of nitrogens with zero attached hydrogens (tertiary/aromatic N) is 3. The van der Waals surface area contributed by atoms with Crippen LogP contribution in [0.5, 0.6) is 0 Å². The van der Waals surface area contributed by atoms with Gasteiger partial charge in [0.05, 0.1) is 4.92 Å². The van der Waals surface area contributed by atoms with Crippen molar-refractivity contribution in [2.75, 3.05) is 6.54 Å². The first-order valence-electron chi connectivity index (χ1n) is 6.63. The number of non-ortho nitro benzene ring substituents is 1. The number of hydrogen-bond donors (Lipinski definition) is 1. The standard InChI is InChI=1S/C14H16N4O2S/c1-2-7-15-8-11-9-16-14(17-10-11)21-13-5-3-12(4-6-13)18(19)20/h3-6,9-10,15H,2,7-8H2,1H3. The van der Waals surface area contributed by atoms with E-state index in [2.05, 4.69) is 22.2 Å². The van der Waals surface area contributed by atoms with Crippen LogP contribution in [0.4, 0.5) is 5.69 Å². The molecule has 1 N–H and O–H groups in total. The number of aromatic nitrogens is 2. The van der Waals surface area contributed by atoms with Gasteiger partial charge in [-0.25, -0.2) is 9.97 Å². The normalized spacial score (nSPS) is 10.5. The largest absolute Gasteiger partial charge is 0.313 e. The molecular weight excluding hydrogens is 288 g/mol. The van der Waals surface area contributed by atoms with Crippen molar-refractivity contribution < 1.29 is 4.92 Å². The van der Waals surface area contributed by atoms with E-state index in [-0.39, 0.29) is 5.69 Å². The van der Waals surface area contributed by atoms with E-state index < -0.39 is 4.92 Å². The van der Waals surface area contributed by atoms with Crippen LogP contribution in [0.1, 0.15) is 18.9 Å². The first-order valence-corrected chi connectivity index (χ1v) is 7.44. The van der Waals surface area contributed by atoms with E-state index in [1.807, 2.05) is 0 Å². The number of rotatable bonds is 7. The van der Waals surface area contributed by atoms with Gasteiger partial charge in [-0.2, -0.15) is 0 Å². The Labute approximate surface area is 127 Å². The van der Waals surface area contributed by atoms with Gasteiger partial charge in [-0.3, -0.25) is 10.1 Å². The zero-order chi connectivity index (χ0) is 15.1. The van der Waals surface area contributed by atoms with Gasteiger partial charge in [0.1, 0.15) is 0 Å². The van der Waals surface area contributed by atoms with Crippen molar-refractivity contribution in [1.82, 2.24) is 15.3 Å². The second-order valence-corrected chi connectivity index (χ2v) is 5.44. The molecule has 2 rings (SSSR count). The van der Waals surface area contributed by atoms with Crippen LogP contribution in [0.3, 0.4) is 0 Å². The lowest BCUT2D eigenvalue weighted by Gasteiger charge is -2.04. The van der Waals surface area contributed by atoms with Crippen LogP contribution in [-0.2, 0) is 6.54 Å². The number of hydrogen-bond acceptors (Lipinski definition) is 6. The zero-order valence-corrected chi connectivity index (χ0v) is 12.5. The molecular formula is C14H16N4O2S. The third-order valence-corrected chi connectivity index (χ3v) is 3.60. The fourth-order valence-electron chi connectivity index (χ4n) is 1.64. The van der Waals surface area contributed by atoms with Crippen molar-refractivity contribution in [3.63, 3.8) is 0 Å². The van der Waals surface area contributed by atoms with Gasteiger partial charge in [0.15, 0.2) is 5.16 Å². The molecule has 0 aliphatic rings. The minimum absolute atomic E-state index is 0.0811. The predicted octanol–water partition coefficient (Wildman–Crippen LogP) is 3.04. The van der Waals surface area contributed by atoms with Gasteiger partial charge < -0.3 is 5.32 Å². The Kier molecular flexibility index (Phi) is 5.65. The lowest BCUT2D eigenvalue weighted by Crippen LogP contribution is -2.14. The summed E-state index contributed by atoms with van der Waals surface area (Å²) in [6.07, 6.45) is 4.68. The first-order chi connectivity index (χ1) is 10.2. The van der Waals surface area contributed by atoms with Gasteiger partial charge in [0.25, 0.3) is 5.69 Å². The Morgan fingerprint density at radius 2 is 1.90 bits per heavy atom. The zero-order valence-electron chi connectivity index (χ0n) is 11.7. The fourth-order valence-corrected chi connectivity index (χ4v) is 2.33. The lowest BCUT2D eigenvalue weighted by molar-refractivity contribution is -0.384. The summed E-state index contributed by atoms with van der Waals surface area (Å²) in [5, 5.41) is 14.5. The molecule has 7 heteroatoms. The van der Waals surface area contributed by atoms with Crippen molar-refractivity contribution in [1.29, 1.82) is 0 Å². The molecule has 0 fully saturated rings. The van der Waals surface area contributed by atoms with Crippen molar-refractivity contribution in [2.24, 2.45) is 0 Å². The molecule has 0 atom stereocenters. The SMILES string of the molecule is CCCNCc1cnc(Sc2ccc([N+](=O)[O-])cc2)nc1. The molecule has 0 unspecified atom stereocenters. The molecule has 110 valence electrons. The monoisotopic (exact) mass is 304 g/mol. The number of nitrogens with one attached hydrogen (secondary N) is 1. The van der Waals surface area contributed by atoms with Crippen LogP contribution in [-0.4, -0.2) is 21.4 Å². The summed E-state index contributed by atoms with van der Waals surface area (Å²) in [7, 11) is 0. The average molecular weight is 304 g/mol. The average Bonchev–Trinajstić information content (AvgIpc) is 2.50. The van der Waals surface area contributed by atoms with Crippen molar-refractivity contribution >= 4 is 17.4 Å². The smallest absolute Gasteiger partial charge is 0.269 e. The van der Waals surface area contributed by atoms with E-state index in [0.29, 0.717) is 5.16 Å². The van der Waals surface area contributed by atoms with Gasteiger partial charge >= 0.3 is 0 Å². The maximum absolute atomic E-state index is 10.6. The van der Waals surface area contributed by atoms with E-state index in [1.54, 1.807) is 24.5 Å². The molecule has 1 heterocycles. The molecule has 0 aliphatic carbocycles. The van der Waals surface area contributed by atoms with Gasteiger partial charge in [0, 0.05) is 41.5 Å².